The zero-order valence-electron chi connectivity index (χ0n) is 14.2. The van der Waals surface area contributed by atoms with E-state index in [1.54, 1.807) is 29.2 Å². The number of hydrogen-bond donors (Lipinski definition) is 1. The standard InChI is InChI=1S/C19H20N2O4/c1-13-4-3-5-15(10-13)19(23)20-8-9-21(14(2)22)16-6-7-17-18(11-16)25-12-24-17/h3-7,10-11H,8-9,12H2,1-2H3,(H,20,23). The molecule has 1 aliphatic rings. The van der Waals surface area contributed by atoms with Crippen molar-refractivity contribution in [3.63, 3.8) is 0 Å². The third-order valence-corrected chi connectivity index (χ3v) is 3.95. The molecular formula is C19H20N2O4. The van der Waals surface area contributed by atoms with Gasteiger partial charge in [-0.2, -0.15) is 0 Å². The maximum atomic E-state index is 12.2. The summed E-state index contributed by atoms with van der Waals surface area (Å²) in [6, 6.07) is 12.7. The molecule has 2 amide bonds. The van der Waals surface area contributed by atoms with Gasteiger partial charge in [-0.15, -0.1) is 0 Å². The van der Waals surface area contributed by atoms with Gasteiger partial charge in [0.2, 0.25) is 12.7 Å². The molecule has 3 rings (SSSR count). The molecule has 6 heteroatoms. The Morgan fingerprint density at radius 3 is 2.68 bits per heavy atom. The van der Waals surface area contributed by atoms with Gasteiger partial charge in [-0.3, -0.25) is 9.59 Å². The van der Waals surface area contributed by atoms with Crippen LogP contribution in [0.4, 0.5) is 5.69 Å². The molecule has 0 spiro atoms. The van der Waals surface area contributed by atoms with E-state index >= 15 is 0 Å². The fourth-order valence-corrected chi connectivity index (χ4v) is 2.69. The summed E-state index contributed by atoms with van der Waals surface area (Å²) in [7, 11) is 0. The number of ether oxygens (including phenoxy) is 2. The molecule has 25 heavy (non-hydrogen) atoms. The van der Waals surface area contributed by atoms with Gasteiger partial charge in [0.1, 0.15) is 0 Å². The van der Waals surface area contributed by atoms with E-state index in [1.165, 1.54) is 6.92 Å². The molecular weight excluding hydrogens is 320 g/mol. The lowest BCUT2D eigenvalue weighted by Crippen LogP contribution is -2.37. The highest BCUT2D eigenvalue weighted by atomic mass is 16.7. The summed E-state index contributed by atoms with van der Waals surface area (Å²) in [5.74, 6) is 1.02. The van der Waals surface area contributed by atoms with Crippen molar-refractivity contribution in [2.75, 3.05) is 24.8 Å². The SMILES string of the molecule is CC(=O)N(CCNC(=O)c1cccc(C)c1)c1ccc2c(c1)OCO2. The monoisotopic (exact) mass is 340 g/mol. The second kappa shape index (κ2) is 7.25. The van der Waals surface area contributed by atoms with Crippen LogP contribution in [0.15, 0.2) is 42.5 Å². The summed E-state index contributed by atoms with van der Waals surface area (Å²) in [6.45, 7) is 4.33. The molecule has 0 aromatic heterocycles. The minimum atomic E-state index is -0.155. The number of carbonyl (C=O) groups is 2. The third-order valence-electron chi connectivity index (χ3n) is 3.95. The Hall–Kier alpha value is -3.02. The highest BCUT2D eigenvalue weighted by Crippen LogP contribution is 2.35. The molecule has 1 N–H and O–H groups in total. The molecule has 0 bridgehead atoms. The van der Waals surface area contributed by atoms with Crippen LogP contribution in [0.3, 0.4) is 0 Å². The minimum Gasteiger partial charge on any atom is -0.454 e. The van der Waals surface area contributed by atoms with Crippen molar-refractivity contribution in [3.05, 3.63) is 53.6 Å². The molecule has 0 saturated carbocycles. The third kappa shape index (κ3) is 3.91. The molecule has 0 radical (unpaired) electrons. The van der Waals surface area contributed by atoms with Crippen LogP contribution >= 0.6 is 0 Å². The van der Waals surface area contributed by atoms with Gasteiger partial charge in [-0.05, 0) is 31.2 Å². The molecule has 0 unspecified atom stereocenters. The molecule has 0 fully saturated rings. The second-order valence-corrected chi connectivity index (χ2v) is 5.83. The number of benzene rings is 2. The number of carbonyl (C=O) groups excluding carboxylic acids is 2. The highest BCUT2D eigenvalue weighted by Gasteiger charge is 2.18. The first-order chi connectivity index (χ1) is 12.0. The van der Waals surface area contributed by atoms with Crippen LogP contribution in [0.25, 0.3) is 0 Å². The van der Waals surface area contributed by atoms with E-state index in [9.17, 15) is 9.59 Å². The Morgan fingerprint density at radius 1 is 1.12 bits per heavy atom. The number of amides is 2. The zero-order chi connectivity index (χ0) is 17.8. The van der Waals surface area contributed by atoms with E-state index in [1.807, 2.05) is 25.1 Å². The van der Waals surface area contributed by atoms with Crippen molar-refractivity contribution >= 4 is 17.5 Å². The van der Waals surface area contributed by atoms with Gasteiger partial charge in [0, 0.05) is 37.3 Å². The normalized spacial score (nSPS) is 11.9. The van der Waals surface area contributed by atoms with Crippen LogP contribution in [-0.4, -0.2) is 31.7 Å². The second-order valence-electron chi connectivity index (χ2n) is 5.83. The summed E-state index contributed by atoms with van der Waals surface area (Å²) in [4.78, 5) is 25.8. The average Bonchev–Trinajstić information content (AvgIpc) is 3.05. The molecule has 0 aliphatic carbocycles. The lowest BCUT2D eigenvalue weighted by Gasteiger charge is -2.21. The van der Waals surface area contributed by atoms with Crippen molar-refractivity contribution in [2.24, 2.45) is 0 Å². The number of nitrogens with one attached hydrogen (secondary N) is 1. The minimum absolute atomic E-state index is 0.108. The first-order valence-electron chi connectivity index (χ1n) is 8.07. The van der Waals surface area contributed by atoms with E-state index in [-0.39, 0.29) is 18.6 Å². The summed E-state index contributed by atoms with van der Waals surface area (Å²) in [6.07, 6.45) is 0. The van der Waals surface area contributed by atoms with Gasteiger partial charge in [-0.25, -0.2) is 0 Å². The zero-order valence-corrected chi connectivity index (χ0v) is 14.2. The van der Waals surface area contributed by atoms with Crippen molar-refractivity contribution in [3.8, 4) is 11.5 Å². The van der Waals surface area contributed by atoms with Crippen molar-refractivity contribution < 1.29 is 19.1 Å². The van der Waals surface area contributed by atoms with Crippen LogP contribution in [0.2, 0.25) is 0 Å². The predicted octanol–water partition coefficient (Wildman–Crippen LogP) is 2.51. The summed E-state index contributed by atoms with van der Waals surface area (Å²) in [5.41, 5.74) is 2.34. The van der Waals surface area contributed by atoms with Crippen LogP contribution in [0.5, 0.6) is 11.5 Å². The van der Waals surface area contributed by atoms with Gasteiger partial charge in [0.05, 0.1) is 0 Å². The molecule has 1 heterocycles. The number of hydrogen-bond acceptors (Lipinski definition) is 4. The fraction of sp³-hybridized carbons (Fsp3) is 0.263. The summed E-state index contributed by atoms with van der Waals surface area (Å²) >= 11 is 0. The van der Waals surface area contributed by atoms with Gasteiger partial charge < -0.3 is 19.7 Å². The molecule has 1 aliphatic heterocycles. The van der Waals surface area contributed by atoms with Crippen molar-refractivity contribution in [2.45, 2.75) is 13.8 Å². The maximum Gasteiger partial charge on any atom is 0.251 e. The molecule has 130 valence electrons. The smallest absolute Gasteiger partial charge is 0.251 e. The summed E-state index contributed by atoms with van der Waals surface area (Å²) < 4.78 is 10.6. The average molecular weight is 340 g/mol. The fourth-order valence-electron chi connectivity index (χ4n) is 2.69. The topological polar surface area (TPSA) is 67.9 Å². The van der Waals surface area contributed by atoms with Crippen LogP contribution in [0, 0.1) is 6.92 Å². The van der Waals surface area contributed by atoms with Gasteiger partial charge >= 0.3 is 0 Å². The largest absolute Gasteiger partial charge is 0.454 e. The Kier molecular flexibility index (Phi) is 4.88. The lowest BCUT2D eigenvalue weighted by molar-refractivity contribution is -0.116. The first-order valence-corrected chi connectivity index (χ1v) is 8.07. The van der Waals surface area contributed by atoms with Crippen LogP contribution in [-0.2, 0) is 4.79 Å². The molecule has 2 aromatic rings. The van der Waals surface area contributed by atoms with E-state index in [0.29, 0.717) is 35.8 Å². The van der Waals surface area contributed by atoms with E-state index < -0.39 is 0 Å². The van der Waals surface area contributed by atoms with Crippen LogP contribution < -0.4 is 19.7 Å². The number of aryl methyl sites for hydroxylation is 1. The molecule has 0 saturated heterocycles. The van der Waals surface area contributed by atoms with Crippen LogP contribution in [0.1, 0.15) is 22.8 Å². The lowest BCUT2D eigenvalue weighted by atomic mass is 10.1. The summed E-state index contributed by atoms with van der Waals surface area (Å²) in [5, 5.41) is 2.84. The predicted molar refractivity (Wildman–Crippen MR) is 94.1 cm³/mol. The Balaban J connectivity index is 1.63. The van der Waals surface area contributed by atoms with E-state index in [2.05, 4.69) is 5.32 Å². The van der Waals surface area contributed by atoms with Gasteiger partial charge in [0.25, 0.3) is 5.91 Å². The van der Waals surface area contributed by atoms with E-state index in [4.69, 9.17) is 9.47 Å². The Bertz CT molecular complexity index is 804. The van der Waals surface area contributed by atoms with E-state index in [0.717, 1.165) is 5.56 Å². The molecule has 2 aromatic carbocycles. The maximum absolute atomic E-state index is 12.2. The van der Waals surface area contributed by atoms with Crippen molar-refractivity contribution in [1.29, 1.82) is 0 Å². The van der Waals surface area contributed by atoms with Gasteiger partial charge in [0.15, 0.2) is 11.5 Å². The molecule has 6 nitrogen and oxygen atoms in total. The highest BCUT2D eigenvalue weighted by molar-refractivity contribution is 5.95. The van der Waals surface area contributed by atoms with Crippen molar-refractivity contribution in [1.82, 2.24) is 5.32 Å². The Morgan fingerprint density at radius 2 is 1.92 bits per heavy atom. The Labute approximate surface area is 146 Å². The quantitative estimate of drug-likeness (QED) is 0.908. The number of nitrogens with zero attached hydrogens (tertiary/aromatic N) is 1. The molecule has 0 atom stereocenters. The first kappa shape index (κ1) is 16.8. The number of anilines is 1. The van der Waals surface area contributed by atoms with Gasteiger partial charge in [-0.1, -0.05) is 17.7 Å². The number of fused-ring (bicyclic) bond motifs is 1. The number of rotatable bonds is 5.